The zero-order valence-electron chi connectivity index (χ0n) is 46.0. The summed E-state index contributed by atoms with van der Waals surface area (Å²) in [7, 11) is -1.48. The third-order valence-electron chi connectivity index (χ3n) is 15.3. The smallest absolute Gasteiger partial charge is 0.456 e. The second kappa shape index (κ2) is 25.7. The van der Waals surface area contributed by atoms with Crippen molar-refractivity contribution in [2.45, 2.75) is 7.43 Å². The topological polar surface area (TPSA) is 66.7 Å². The molecule has 0 radical (unpaired) electrons. The van der Waals surface area contributed by atoms with Crippen LogP contribution in [0.3, 0.4) is 0 Å². The van der Waals surface area contributed by atoms with Crippen LogP contribution < -0.4 is 5.46 Å². The van der Waals surface area contributed by atoms with Crippen LogP contribution in [0.2, 0.25) is 0 Å². The van der Waals surface area contributed by atoms with E-state index < -0.39 is 7.12 Å². The quantitative estimate of drug-likeness (QED) is 0.141. The molecular formula is C79H57BBr2O4. The van der Waals surface area contributed by atoms with Gasteiger partial charge in [-0.3, -0.25) is 0 Å². The number of hydrogen-bond acceptors (Lipinski definition) is 4. The second-order valence-corrected chi connectivity index (χ2v) is 22.7. The molecule has 4 nitrogen and oxygen atoms in total. The van der Waals surface area contributed by atoms with E-state index in [1.54, 1.807) is 0 Å². The van der Waals surface area contributed by atoms with Gasteiger partial charge in [0.2, 0.25) is 0 Å². The summed E-state index contributed by atoms with van der Waals surface area (Å²) in [6.45, 7) is 0. The number of halogens is 2. The zero-order valence-corrected chi connectivity index (χ0v) is 49.2. The van der Waals surface area contributed by atoms with Crippen molar-refractivity contribution in [1.29, 1.82) is 0 Å². The van der Waals surface area contributed by atoms with Gasteiger partial charge in [-0.25, -0.2) is 0 Å². The summed E-state index contributed by atoms with van der Waals surface area (Å²) in [5.41, 5.74) is 22.4. The summed E-state index contributed by atoms with van der Waals surface area (Å²) in [6.07, 6.45) is 0. The molecule has 2 N–H and O–H groups in total. The van der Waals surface area contributed by atoms with Gasteiger partial charge in [-0.05, 0) is 198 Å². The second-order valence-electron chi connectivity index (χ2n) is 20.9. The Labute approximate surface area is 518 Å². The molecule has 15 aromatic rings. The molecule has 0 fully saturated rings. The van der Waals surface area contributed by atoms with Crippen molar-refractivity contribution in [2.24, 2.45) is 0 Å². The lowest BCUT2D eigenvalue weighted by Gasteiger charge is -2.12. The number of furan rings is 2. The molecule has 0 saturated carbocycles. The van der Waals surface area contributed by atoms with Gasteiger partial charge in [-0.2, -0.15) is 0 Å². The standard InChI is InChI=1S/C48H32O.C18H15BO2.C12H6Br2O.CH4/c1-5-13-33(14-6-1)39-25-40(34-15-7-2-8-16-34)28-43(27-39)37-21-23-47-45(31-37)46-32-38(22-24-48(46)49-47)44-29-41(35-17-9-3-10-18-35)26-42(30-44)36-19-11-4-12-20-36;20-19(21)18-12-16(14-7-3-1-4-8-14)11-17(13-18)15-9-5-2-6-10-15;13-7-1-3-11-9(5-7)10-6-8(14)2-4-12(10)15-11;/h1-32H;1-13,20-21H;1-6H;1H4. The van der Waals surface area contributed by atoms with Crippen LogP contribution in [0.15, 0.2) is 327 Å². The Morgan fingerprint density at radius 2 is 0.442 bits per heavy atom. The number of rotatable bonds is 9. The van der Waals surface area contributed by atoms with Crippen molar-refractivity contribution < 1.29 is 18.9 Å². The van der Waals surface area contributed by atoms with E-state index in [1.807, 2.05) is 97.1 Å². The fraction of sp³-hybridized carbons (Fsp3) is 0.0127. The first-order valence-electron chi connectivity index (χ1n) is 28.1. The van der Waals surface area contributed by atoms with E-state index in [9.17, 15) is 10.0 Å². The Kier molecular flexibility index (Phi) is 17.0. The highest BCUT2D eigenvalue weighted by Crippen LogP contribution is 2.40. The minimum absolute atomic E-state index is 0. The minimum Gasteiger partial charge on any atom is -0.456 e. The minimum atomic E-state index is -1.48. The van der Waals surface area contributed by atoms with Crippen LogP contribution in [0, 0.1) is 0 Å². The third-order valence-corrected chi connectivity index (χ3v) is 16.3. The monoisotopic (exact) mass is 1240 g/mol. The van der Waals surface area contributed by atoms with Crippen LogP contribution in [0.25, 0.3) is 133 Å². The van der Waals surface area contributed by atoms with Crippen molar-refractivity contribution in [3.05, 3.63) is 318 Å². The summed E-state index contributed by atoms with van der Waals surface area (Å²) in [5, 5.41) is 23.6. The summed E-state index contributed by atoms with van der Waals surface area (Å²) >= 11 is 6.94. The molecule has 0 atom stereocenters. The molecule has 0 bridgehead atoms. The molecule has 7 heteroatoms. The summed E-state index contributed by atoms with van der Waals surface area (Å²) in [4.78, 5) is 0. The van der Waals surface area contributed by atoms with Crippen molar-refractivity contribution in [3.63, 3.8) is 0 Å². The molecule has 0 saturated heterocycles. The molecule has 2 heterocycles. The van der Waals surface area contributed by atoms with Crippen LogP contribution in [-0.2, 0) is 0 Å². The highest BCUT2D eigenvalue weighted by molar-refractivity contribution is 9.10. The third kappa shape index (κ3) is 12.6. The highest BCUT2D eigenvalue weighted by atomic mass is 79.9. The number of hydrogen-bond donors (Lipinski definition) is 2. The van der Waals surface area contributed by atoms with E-state index in [4.69, 9.17) is 8.83 Å². The number of fused-ring (bicyclic) bond motifs is 6. The van der Waals surface area contributed by atoms with Gasteiger partial charge in [0.05, 0.1) is 0 Å². The van der Waals surface area contributed by atoms with Gasteiger partial charge in [-0.15, -0.1) is 0 Å². The predicted molar refractivity (Wildman–Crippen MR) is 369 cm³/mol. The van der Waals surface area contributed by atoms with Gasteiger partial charge < -0.3 is 18.9 Å². The maximum absolute atomic E-state index is 9.52. The molecule has 13 aromatic carbocycles. The maximum Gasteiger partial charge on any atom is 0.488 e. The molecular weight excluding hydrogens is 1180 g/mol. The van der Waals surface area contributed by atoms with Crippen molar-refractivity contribution >= 4 is 88.3 Å². The van der Waals surface area contributed by atoms with E-state index in [1.165, 1.54) is 55.6 Å². The molecule has 86 heavy (non-hydrogen) atoms. The largest absolute Gasteiger partial charge is 0.488 e. The van der Waals surface area contributed by atoms with Gasteiger partial charge in [0.15, 0.2) is 0 Å². The molecule has 15 rings (SSSR count). The van der Waals surface area contributed by atoms with E-state index in [0.29, 0.717) is 5.46 Å². The maximum atomic E-state index is 9.52. The summed E-state index contributed by atoms with van der Waals surface area (Å²) < 4.78 is 14.3. The molecule has 0 unspecified atom stereocenters. The van der Waals surface area contributed by atoms with Crippen molar-refractivity contribution in [2.75, 3.05) is 0 Å². The van der Waals surface area contributed by atoms with E-state index >= 15 is 0 Å². The molecule has 0 spiro atoms. The fourth-order valence-electron chi connectivity index (χ4n) is 11.0. The van der Waals surface area contributed by atoms with Gasteiger partial charge in [-0.1, -0.05) is 246 Å². The first-order valence-corrected chi connectivity index (χ1v) is 29.7. The SMILES string of the molecule is Brc1ccc2oc3ccc(Br)cc3c2c1.C.OB(O)c1cc(-c2ccccc2)cc(-c2ccccc2)c1.c1ccc(-c2cc(-c3ccccc3)cc(-c3ccc4oc5ccc(-c6cc(-c7ccccc7)cc(-c7ccccc7)c6)cc5c4c3)c2)cc1. The van der Waals surface area contributed by atoms with E-state index in [-0.39, 0.29) is 7.43 Å². The Morgan fingerprint density at radius 1 is 0.221 bits per heavy atom. The van der Waals surface area contributed by atoms with Gasteiger partial charge in [0.1, 0.15) is 22.3 Å². The van der Waals surface area contributed by atoms with Gasteiger partial charge >= 0.3 is 7.12 Å². The Balaban J connectivity index is 0.000000159. The average Bonchev–Trinajstić information content (AvgIpc) is 3.86. The van der Waals surface area contributed by atoms with Crippen molar-refractivity contribution in [3.8, 4) is 89.0 Å². The van der Waals surface area contributed by atoms with Gasteiger partial charge in [0.25, 0.3) is 0 Å². The Morgan fingerprint density at radius 3 is 0.698 bits per heavy atom. The Hall–Kier alpha value is -9.60. The van der Waals surface area contributed by atoms with E-state index in [0.717, 1.165) is 86.2 Å². The lowest BCUT2D eigenvalue weighted by Crippen LogP contribution is -2.29. The highest BCUT2D eigenvalue weighted by Gasteiger charge is 2.17. The van der Waals surface area contributed by atoms with Crippen LogP contribution in [-0.4, -0.2) is 17.2 Å². The zero-order chi connectivity index (χ0) is 57.6. The fourth-order valence-corrected chi connectivity index (χ4v) is 11.8. The molecule has 0 amide bonds. The molecule has 414 valence electrons. The number of benzene rings is 13. The molecule has 2 aromatic heterocycles. The average molecular weight is 1240 g/mol. The molecule has 0 aliphatic heterocycles. The lowest BCUT2D eigenvalue weighted by atomic mass is 9.77. The Bertz CT molecular complexity index is 4390. The summed E-state index contributed by atoms with van der Waals surface area (Å²) in [6, 6.07) is 107. The van der Waals surface area contributed by atoms with E-state index in [2.05, 4.69) is 244 Å². The summed E-state index contributed by atoms with van der Waals surface area (Å²) in [5.74, 6) is 0. The first kappa shape index (κ1) is 56.9. The normalized spacial score (nSPS) is 10.9. The van der Waals surface area contributed by atoms with Crippen LogP contribution in [0.4, 0.5) is 0 Å². The van der Waals surface area contributed by atoms with Crippen LogP contribution in [0.1, 0.15) is 7.43 Å². The van der Waals surface area contributed by atoms with Crippen molar-refractivity contribution in [1.82, 2.24) is 0 Å². The molecule has 0 aliphatic carbocycles. The molecule has 0 aliphatic rings. The first-order chi connectivity index (χ1) is 41.7. The van der Waals surface area contributed by atoms with Crippen LogP contribution in [0.5, 0.6) is 0 Å². The van der Waals surface area contributed by atoms with Crippen LogP contribution >= 0.6 is 31.9 Å². The van der Waals surface area contributed by atoms with Gasteiger partial charge in [0, 0.05) is 30.5 Å². The predicted octanol–water partition coefficient (Wildman–Crippen LogP) is 22.0. The lowest BCUT2D eigenvalue weighted by molar-refractivity contribution is 0.426.